The first-order valence-electron chi connectivity index (χ1n) is 2.49. The van der Waals surface area contributed by atoms with Crippen LogP contribution in [0.5, 0.6) is 0 Å². The molecule has 0 unspecified atom stereocenters. The lowest BCUT2D eigenvalue weighted by molar-refractivity contribution is 0.386. The predicted octanol–water partition coefficient (Wildman–Crippen LogP) is -0.847. The summed E-state index contributed by atoms with van der Waals surface area (Å²) >= 11 is 0. The van der Waals surface area contributed by atoms with E-state index in [1.807, 2.05) is 0 Å². The van der Waals surface area contributed by atoms with E-state index in [1.54, 1.807) is 5.48 Å². The maximum Gasteiger partial charge on any atom is 0.276 e. The normalized spacial score (nSPS) is 9.30. The summed E-state index contributed by atoms with van der Waals surface area (Å²) in [6, 6.07) is 0. The van der Waals surface area contributed by atoms with Crippen LogP contribution in [0.25, 0.3) is 0 Å². The first kappa shape index (κ1) is 6.56. The number of aromatic amines is 1. The summed E-state index contributed by atoms with van der Waals surface area (Å²) in [5.74, 6) is -0.0382. The summed E-state index contributed by atoms with van der Waals surface area (Å²) in [6.45, 7) is 0. The number of anilines is 2. The fraction of sp³-hybridized carbons (Fsp3) is 0. The Bertz CT molecular complexity index is 281. The SMILES string of the molecule is Nc1c(NO)nc[nH]c1=O. The van der Waals surface area contributed by atoms with Crippen LogP contribution in [-0.4, -0.2) is 15.2 Å². The Hall–Kier alpha value is -1.56. The van der Waals surface area contributed by atoms with Gasteiger partial charge in [-0.15, -0.1) is 0 Å². The second-order valence-corrected chi connectivity index (χ2v) is 1.61. The zero-order chi connectivity index (χ0) is 7.56. The standard InChI is InChI=1S/C4H6N4O2/c5-2-3(8-10)6-1-7-4(2)9/h1,10H,5H2,(H2,6,7,8,9). The van der Waals surface area contributed by atoms with E-state index in [4.69, 9.17) is 10.9 Å². The van der Waals surface area contributed by atoms with Crippen molar-refractivity contribution in [3.63, 3.8) is 0 Å². The van der Waals surface area contributed by atoms with Crippen molar-refractivity contribution in [1.82, 2.24) is 9.97 Å². The Labute approximate surface area is 55.7 Å². The first-order valence-corrected chi connectivity index (χ1v) is 2.49. The van der Waals surface area contributed by atoms with E-state index in [-0.39, 0.29) is 11.5 Å². The van der Waals surface area contributed by atoms with Crippen molar-refractivity contribution in [2.45, 2.75) is 0 Å². The topological polar surface area (TPSA) is 104 Å². The van der Waals surface area contributed by atoms with E-state index in [9.17, 15) is 4.79 Å². The molecule has 0 aliphatic carbocycles. The minimum atomic E-state index is -0.480. The molecule has 0 aliphatic rings. The lowest BCUT2D eigenvalue weighted by Crippen LogP contribution is -2.14. The number of nitrogens with two attached hydrogens (primary N) is 1. The third kappa shape index (κ3) is 0.914. The number of H-pyrrole nitrogens is 1. The highest BCUT2D eigenvalue weighted by atomic mass is 16.5. The third-order valence-electron chi connectivity index (χ3n) is 0.995. The molecule has 0 aromatic carbocycles. The van der Waals surface area contributed by atoms with Crippen molar-refractivity contribution in [1.29, 1.82) is 0 Å². The Morgan fingerprint density at radius 2 is 2.50 bits per heavy atom. The van der Waals surface area contributed by atoms with Crippen LogP contribution >= 0.6 is 0 Å². The molecule has 54 valence electrons. The van der Waals surface area contributed by atoms with Crippen molar-refractivity contribution in [3.05, 3.63) is 16.7 Å². The Morgan fingerprint density at radius 1 is 1.80 bits per heavy atom. The molecule has 1 aromatic heterocycles. The van der Waals surface area contributed by atoms with E-state index in [0.29, 0.717) is 0 Å². The molecule has 0 atom stereocenters. The number of rotatable bonds is 1. The van der Waals surface area contributed by atoms with Gasteiger partial charge in [0, 0.05) is 0 Å². The zero-order valence-corrected chi connectivity index (χ0v) is 4.96. The molecule has 0 radical (unpaired) electrons. The van der Waals surface area contributed by atoms with Gasteiger partial charge in [-0.2, -0.15) is 0 Å². The van der Waals surface area contributed by atoms with Crippen LogP contribution in [-0.2, 0) is 0 Å². The average molecular weight is 142 g/mol. The largest absolute Gasteiger partial charge is 0.391 e. The summed E-state index contributed by atoms with van der Waals surface area (Å²) in [5, 5.41) is 8.30. The van der Waals surface area contributed by atoms with Crippen molar-refractivity contribution in [3.8, 4) is 0 Å². The molecule has 0 fully saturated rings. The van der Waals surface area contributed by atoms with Gasteiger partial charge >= 0.3 is 0 Å². The van der Waals surface area contributed by atoms with Gasteiger partial charge in [0.1, 0.15) is 5.69 Å². The average Bonchev–Trinajstić information content (AvgIpc) is 1.95. The summed E-state index contributed by atoms with van der Waals surface area (Å²) in [5.41, 5.74) is 6.23. The molecular weight excluding hydrogens is 136 g/mol. The van der Waals surface area contributed by atoms with Gasteiger partial charge in [-0.3, -0.25) is 15.5 Å². The summed E-state index contributed by atoms with van der Waals surface area (Å²) < 4.78 is 0. The van der Waals surface area contributed by atoms with Crippen LogP contribution in [0.1, 0.15) is 0 Å². The number of nitrogens with one attached hydrogen (secondary N) is 2. The minimum absolute atomic E-state index is 0.0382. The molecular formula is C4H6N4O2. The summed E-state index contributed by atoms with van der Waals surface area (Å²) in [4.78, 5) is 16.4. The highest BCUT2D eigenvalue weighted by Gasteiger charge is 2.00. The minimum Gasteiger partial charge on any atom is -0.391 e. The molecule has 0 spiro atoms. The van der Waals surface area contributed by atoms with Crippen LogP contribution in [0.2, 0.25) is 0 Å². The maximum absolute atomic E-state index is 10.6. The number of hydrogen-bond acceptors (Lipinski definition) is 5. The van der Waals surface area contributed by atoms with Gasteiger partial charge in [0.05, 0.1) is 6.33 Å². The van der Waals surface area contributed by atoms with Gasteiger partial charge < -0.3 is 10.7 Å². The van der Waals surface area contributed by atoms with E-state index in [0.717, 1.165) is 6.33 Å². The van der Waals surface area contributed by atoms with E-state index in [1.165, 1.54) is 0 Å². The van der Waals surface area contributed by atoms with Gasteiger partial charge in [-0.1, -0.05) is 0 Å². The second-order valence-electron chi connectivity index (χ2n) is 1.61. The highest BCUT2D eigenvalue weighted by molar-refractivity contribution is 5.57. The lowest BCUT2D eigenvalue weighted by Gasteiger charge is -1.97. The van der Waals surface area contributed by atoms with Crippen LogP contribution in [0, 0.1) is 0 Å². The summed E-state index contributed by atoms with van der Waals surface area (Å²) in [7, 11) is 0. The van der Waals surface area contributed by atoms with Crippen LogP contribution < -0.4 is 16.8 Å². The number of nitrogen functional groups attached to an aromatic ring is 1. The van der Waals surface area contributed by atoms with Gasteiger partial charge in [-0.05, 0) is 0 Å². The molecule has 5 N–H and O–H groups in total. The smallest absolute Gasteiger partial charge is 0.276 e. The number of hydrogen-bond donors (Lipinski definition) is 4. The first-order chi connectivity index (χ1) is 4.75. The second kappa shape index (κ2) is 2.36. The molecule has 0 bridgehead atoms. The summed E-state index contributed by atoms with van der Waals surface area (Å²) in [6.07, 6.45) is 1.14. The number of nitrogens with zero attached hydrogens (tertiary/aromatic N) is 1. The van der Waals surface area contributed by atoms with Gasteiger partial charge in [-0.25, -0.2) is 4.98 Å². The fourth-order valence-corrected chi connectivity index (χ4v) is 0.499. The molecule has 10 heavy (non-hydrogen) atoms. The molecule has 0 amide bonds. The van der Waals surface area contributed by atoms with E-state index in [2.05, 4.69) is 9.97 Å². The van der Waals surface area contributed by atoms with Crippen LogP contribution in [0.3, 0.4) is 0 Å². The molecule has 6 nitrogen and oxygen atoms in total. The molecule has 1 aromatic rings. The predicted molar refractivity (Wildman–Crippen MR) is 34.7 cm³/mol. The molecule has 0 saturated carbocycles. The molecule has 6 heteroatoms. The van der Waals surface area contributed by atoms with E-state index >= 15 is 0 Å². The Morgan fingerprint density at radius 3 is 3.00 bits per heavy atom. The monoisotopic (exact) mass is 142 g/mol. The van der Waals surface area contributed by atoms with Crippen molar-refractivity contribution in [2.75, 3.05) is 11.2 Å². The van der Waals surface area contributed by atoms with Gasteiger partial charge in [0.15, 0.2) is 5.82 Å². The van der Waals surface area contributed by atoms with Crippen molar-refractivity contribution < 1.29 is 5.21 Å². The van der Waals surface area contributed by atoms with Crippen LogP contribution in [0.15, 0.2) is 11.1 Å². The third-order valence-corrected chi connectivity index (χ3v) is 0.995. The van der Waals surface area contributed by atoms with Crippen molar-refractivity contribution in [2.24, 2.45) is 0 Å². The molecule has 1 heterocycles. The lowest BCUT2D eigenvalue weighted by atomic mass is 10.5. The van der Waals surface area contributed by atoms with E-state index < -0.39 is 5.56 Å². The van der Waals surface area contributed by atoms with Gasteiger partial charge in [0.2, 0.25) is 0 Å². The Kier molecular flexibility index (Phi) is 1.55. The molecule has 0 aliphatic heterocycles. The van der Waals surface area contributed by atoms with Crippen LogP contribution in [0.4, 0.5) is 11.5 Å². The van der Waals surface area contributed by atoms with Gasteiger partial charge in [0.25, 0.3) is 5.56 Å². The molecule has 1 rings (SSSR count). The quantitative estimate of drug-likeness (QED) is 0.382. The fourth-order valence-electron chi connectivity index (χ4n) is 0.499. The Balaban J connectivity index is 3.28. The number of aromatic nitrogens is 2. The zero-order valence-electron chi connectivity index (χ0n) is 4.96. The highest BCUT2D eigenvalue weighted by Crippen LogP contribution is 2.03. The van der Waals surface area contributed by atoms with Crippen molar-refractivity contribution >= 4 is 11.5 Å². The molecule has 0 saturated heterocycles. The maximum atomic E-state index is 10.6.